The topological polar surface area (TPSA) is 35.2 Å². The van der Waals surface area contributed by atoms with Crippen LogP contribution in [0.3, 0.4) is 0 Å². The maximum absolute atomic E-state index is 7.15. The third kappa shape index (κ3) is 3.74. The van der Waals surface area contributed by atoms with Gasteiger partial charge >= 0.3 is 0 Å². The van der Waals surface area contributed by atoms with E-state index in [2.05, 4.69) is 81.4 Å². The van der Waals surface area contributed by atoms with Gasteiger partial charge in [-0.1, -0.05) is 81.4 Å². The normalized spacial score (nSPS) is 21.9. The lowest BCUT2D eigenvalue weighted by Gasteiger charge is -2.46. The summed E-state index contributed by atoms with van der Waals surface area (Å²) in [7, 11) is -2.40. The first-order valence-corrected chi connectivity index (χ1v) is 11.4. The Morgan fingerprint density at radius 2 is 1.24 bits per heavy atom. The van der Waals surface area contributed by atoms with Crippen molar-refractivity contribution in [2.24, 2.45) is 5.73 Å². The number of benzene rings is 2. The molecule has 3 heteroatoms. The van der Waals surface area contributed by atoms with Crippen molar-refractivity contribution in [3.8, 4) is 0 Å². The Hall–Kier alpha value is -1.42. The number of hydrogen-bond acceptors (Lipinski definition) is 2. The van der Waals surface area contributed by atoms with Crippen molar-refractivity contribution >= 4 is 18.7 Å². The highest BCUT2D eigenvalue weighted by Crippen LogP contribution is 2.39. The molecule has 2 N–H and O–H groups in total. The number of rotatable bonds is 4. The molecule has 25 heavy (non-hydrogen) atoms. The highest BCUT2D eigenvalue weighted by Gasteiger charge is 2.51. The molecule has 2 nitrogen and oxygen atoms in total. The van der Waals surface area contributed by atoms with Crippen LogP contribution in [0, 0.1) is 0 Å². The molecule has 0 saturated heterocycles. The summed E-state index contributed by atoms with van der Waals surface area (Å²) in [4.78, 5) is 0. The Bertz CT molecular complexity index is 618. The van der Waals surface area contributed by atoms with Crippen molar-refractivity contribution in [3.63, 3.8) is 0 Å². The predicted octanol–water partition coefficient (Wildman–Crippen LogP) is 3.83. The molecule has 0 heterocycles. The van der Waals surface area contributed by atoms with Gasteiger partial charge in [0.2, 0.25) is 0 Å². The first kappa shape index (κ1) is 18.4. The average Bonchev–Trinajstić information content (AvgIpc) is 2.62. The van der Waals surface area contributed by atoms with Crippen LogP contribution in [0.15, 0.2) is 60.7 Å². The fraction of sp³-hybridized carbons (Fsp3) is 0.455. The molecule has 1 aliphatic rings. The average molecular weight is 354 g/mol. The smallest absolute Gasteiger partial charge is 0.261 e. The van der Waals surface area contributed by atoms with E-state index in [9.17, 15) is 0 Å². The van der Waals surface area contributed by atoms with Crippen LogP contribution in [0.4, 0.5) is 0 Å². The monoisotopic (exact) mass is 353 g/mol. The van der Waals surface area contributed by atoms with Crippen molar-refractivity contribution in [1.29, 1.82) is 0 Å². The second kappa shape index (κ2) is 7.44. The van der Waals surface area contributed by atoms with Crippen LogP contribution in [-0.4, -0.2) is 20.5 Å². The molecule has 0 amide bonds. The van der Waals surface area contributed by atoms with E-state index in [1.54, 1.807) is 0 Å². The second-order valence-corrected chi connectivity index (χ2v) is 12.6. The maximum atomic E-state index is 7.15. The van der Waals surface area contributed by atoms with Gasteiger partial charge in [0.1, 0.15) is 0 Å². The van der Waals surface area contributed by atoms with Gasteiger partial charge in [-0.25, -0.2) is 0 Å². The largest absolute Gasteiger partial charge is 0.404 e. The van der Waals surface area contributed by atoms with E-state index in [-0.39, 0.29) is 5.04 Å². The second-order valence-electron chi connectivity index (χ2n) is 8.32. The fourth-order valence-corrected chi connectivity index (χ4v) is 8.90. The highest BCUT2D eigenvalue weighted by molar-refractivity contribution is 6.99. The lowest BCUT2D eigenvalue weighted by atomic mass is 9.94. The van der Waals surface area contributed by atoms with E-state index in [4.69, 9.17) is 10.2 Å². The zero-order valence-electron chi connectivity index (χ0n) is 15.7. The minimum atomic E-state index is -2.40. The van der Waals surface area contributed by atoms with Gasteiger partial charge in [0.05, 0.1) is 0 Å². The van der Waals surface area contributed by atoms with Crippen LogP contribution in [0.1, 0.15) is 46.5 Å². The summed E-state index contributed by atoms with van der Waals surface area (Å²) in [6, 6.07) is 22.2. The first-order chi connectivity index (χ1) is 11.9. The SMILES string of the molecule is CC(C)(C)[Si](O[C@H]1CC[C@@H](N)CC1)(c1ccccc1)c1ccccc1. The van der Waals surface area contributed by atoms with Crippen molar-refractivity contribution in [2.45, 2.75) is 63.6 Å². The molecule has 0 spiro atoms. The van der Waals surface area contributed by atoms with E-state index >= 15 is 0 Å². The van der Waals surface area contributed by atoms with Gasteiger partial charge in [-0.2, -0.15) is 0 Å². The molecule has 0 atom stereocenters. The number of hydrogen-bond donors (Lipinski definition) is 1. The van der Waals surface area contributed by atoms with E-state index in [1.807, 2.05) is 0 Å². The molecule has 1 saturated carbocycles. The first-order valence-electron chi connectivity index (χ1n) is 9.48. The molecule has 0 radical (unpaired) electrons. The van der Waals surface area contributed by atoms with Gasteiger partial charge in [0.15, 0.2) is 0 Å². The zero-order chi connectivity index (χ0) is 17.9. The van der Waals surface area contributed by atoms with Crippen LogP contribution in [0.5, 0.6) is 0 Å². The summed E-state index contributed by atoms with van der Waals surface area (Å²) >= 11 is 0. The van der Waals surface area contributed by atoms with Crippen LogP contribution < -0.4 is 16.1 Å². The lowest BCUT2D eigenvalue weighted by Crippen LogP contribution is -2.67. The third-order valence-corrected chi connectivity index (χ3v) is 10.6. The van der Waals surface area contributed by atoms with Crippen molar-refractivity contribution < 1.29 is 4.43 Å². The Morgan fingerprint density at radius 1 is 0.800 bits per heavy atom. The van der Waals surface area contributed by atoms with Gasteiger partial charge in [0, 0.05) is 12.1 Å². The number of nitrogens with two attached hydrogens (primary N) is 1. The summed E-state index contributed by atoms with van der Waals surface area (Å²) < 4.78 is 7.15. The minimum absolute atomic E-state index is 0.0509. The van der Waals surface area contributed by atoms with E-state index in [1.165, 1.54) is 10.4 Å². The molecule has 1 aliphatic carbocycles. The molecule has 2 aromatic carbocycles. The summed E-state index contributed by atoms with van der Waals surface area (Å²) in [5.74, 6) is 0. The van der Waals surface area contributed by atoms with Gasteiger partial charge in [-0.3, -0.25) is 0 Å². The quantitative estimate of drug-likeness (QED) is 0.848. The molecule has 0 aromatic heterocycles. The van der Waals surface area contributed by atoms with Crippen molar-refractivity contribution in [3.05, 3.63) is 60.7 Å². The van der Waals surface area contributed by atoms with Gasteiger partial charge in [-0.15, -0.1) is 0 Å². The Morgan fingerprint density at radius 3 is 1.64 bits per heavy atom. The molecule has 0 unspecified atom stereocenters. The van der Waals surface area contributed by atoms with E-state index in [0.717, 1.165) is 25.7 Å². The Kier molecular flexibility index (Phi) is 5.47. The summed E-state index contributed by atoms with van der Waals surface area (Å²) in [5.41, 5.74) is 6.12. The summed E-state index contributed by atoms with van der Waals surface area (Å²) in [5, 5.41) is 2.78. The molecule has 3 rings (SSSR count). The molecule has 0 aliphatic heterocycles. The van der Waals surface area contributed by atoms with Gasteiger partial charge in [-0.05, 0) is 41.1 Å². The summed E-state index contributed by atoms with van der Waals surface area (Å²) in [6.45, 7) is 7.02. The molecule has 0 bridgehead atoms. The molecule has 134 valence electrons. The zero-order valence-corrected chi connectivity index (χ0v) is 16.7. The van der Waals surface area contributed by atoms with Crippen molar-refractivity contribution in [1.82, 2.24) is 0 Å². The maximum Gasteiger partial charge on any atom is 0.261 e. The standard InChI is InChI=1S/C22H31NOSi/c1-22(2,3)25(20-10-6-4-7-11-20,21-12-8-5-9-13-21)24-19-16-14-18(23)15-17-19/h4-13,18-19H,14-17,23H2,1-3H3/t18-,19+. The molecule has 2 aromatic rings. The van der Waals surface area contributed by atoms with Crippen LogP contribution in [0.2, 0.25) is 5.04 Å². The van der Waals surface area contributed by atoms with Gasteiger partial charge < -0.3 is 10.2 Å². The molecular weight excluding hydrogens is 322 g/mol. The van der Waals surface area contributed by atoms with Crippen molar-refractivity contribution in [2.75, 3.05) is 0 Å². The summed E-state index contributed by atoms with van der Waals surface area (Å²) in [6.07, 6.45) is 4.61. The van der Waals surface area contributed by atoms with Gasteiger partial charge in [0.25, 0.3) is 8.32 Å². The molecular formula is C22H31NOSi. The highest BCUT2D eigenvalue weighted by atomic mass is 28.4. The third-order valence-electron chi connectivity index (χ3n) is 5.48. The van der Waals surface area contributed by atoms with Crippen LogP contribution in [0.25, 0.3) is 0 Å². The fourth-order valence-electron chi connectivity index (χ4n) is 4.15. The van der Waals surface area contributed by atoms with E-state index in [0.29, 0.717) is 12.1 Å². The van der Waals surface area contributed by atoms with Crippen LogP contribution >= 0.6 is 0 Å². The Balaban J connectivity index is 2.09. The van der Waals surface area contributed by atoms with Crippen LogP contribution in [-0.2, 0) is 4.43 Å². The molecule has 1 fully saturated rings. The lowest BCUT2D eigenvalue weighted by molar-refractivity contribution is 0.136. The minimum Gasteiger partial charge on any atom is -0.404 e. The van der Waals surface area contributed by atoms with E-state index < -0.39 is 8.32 Å². The Labute approximate surface area is 153 Å². The predicted molar refractivity (Wildman–Crippen MR) is 109 cm³/mol.